The highest BCUT2D eigenvalue weighted by molar-refractivity contribution is 5.34. The van der Waals surface area contributed by atoms with Gasteiger partial charge in [-0.25, -0.2) is 0 Å². The first kappa shape index (κ1) is 13.6. The molecular weight excluding hydrogens is 222 g/mol. The molecule has 0 saturated heterocycles. The minimum absolute atomic E-state index is 0.493. The van der Waals surface area contributed by atoms with Crippen molar-refractivity contribution in [3.8, 4) is 0 Å². The number of hydrogen-bond acceptors (Lipinski definition) is 2. The Bertz CT molecular complexity index is 375. The predicted molar refractivity (Wildman–Crippen MR) is 75.5 cm³/mol. The molecule has 2 rings (SSSR count). The molecule has 1 atom stereocenters. The summed E-state index contributed by atoms with van der Waals surface area (Å²) in [7, 11) is 2.06. The van der Waals surface area contributed by atoms with Crippen molar-refractivity contribution in [1.29, 1.82) is 0 Å². The van der Waals surface area contributed by atoms with E-state index in [2.05, 4.69) is 37.5 Å². The molecule has 1 aromatic carbocycles. The zero-order valence-corrected chi connectivity index (χ0v) is 11.7. The molecule has 1 unspecified atom stereocenters. The van der Waals surface area contributed by atoms with E-state index in [-0.39, 0.29) is 0 Å². The molecule has 100 valence electrons. The maximum Gasteiger partial charge on any atom is 0.0725 e. The van der Waals surface area contributed by atoms with Crippen molar-refractivity contribution in [3.63, 3.8) is 0 Å². The highest BCUT2D eigenvalue weighted by Gasteiger charge is 2.15. The minimum Gasteiger partial charge on any atom is -0.372 e. The van der Waals surface area contributed by atoms with Crippen molar-refractivity contribution in [2.45, 2.75) is 58.3 Å². The van der Waals surface area contributed by atoms with E-state index in [4.69, 9.17) is 4.74 Å². The maximum absolute atomic E-state index is 5.48. The quantitative estimate of drug-likeness (QED) is 0.737. The summed E-state index contributed by atoms with van der Waals surface area (Å²) in [6.45, 7) is 3.84. The van der Waals surface area contributed by atoms with Gasteiger partial charge in [0.25, 0.3) is 0 Å². The topological polar surface area (TPSA) is 21.3 Å². The Morgan fingerprint density at radius 1 is 1.17 bits per heavy atom. The lowest BCUT2D eigenvalue weighted by Crippen LogP contribution is -2.16. The Balaban J connectivity index is 1.94. The Morgan fingerprint density at radius 2 is 2.00 bits per heavy atom. The smallest absolute Gasteiger partial charge is 0.0725 e. The number of benzene rings is 1. The molecule has 0 saturated carbocycles. The van der Waals surface area contributed by atoms with E-state index in [1.807, 2.05) is 0 Å². The molecule has 0 fully saturated rings. The van der Waals surface area contributed by atoms with Crippen LogP contribution >= 0.6 is 0 Å². The summed E-state index contributed by atoms with van der Waals surface area (Å²) >= 11 is 0. The van der Waals surface area contributed by atoms with Gasteiger partial charge in [-0.15, -0.1) is 0 Å². The summed E-state index contributed by atoms with van der Waals surface area (Å²) in [5.41, 5.74) is 4.15. The van der Waals surface area contributed by atoms with Gasteiger partial charge < -0.3 is 10.1 Å². The summed E-state index contributed by atoms with van der Waals surface area (Å²) < 4.78 is 5.48. The van der Waals surface area contributed by atoms with Gasteiger partial charge in [-0.1, -0.05) is 50.8 Å². The largest absolute Gasteiger partial charge is 0.372 e. The Hall–Kier alpha value is -0.860. The van der Waals surface area contributed by atoms with Gasteiger partial charge in [-0.3, -0.25) is 0 Å². The number of rotatable bonds is 7. The molecule has 2 heteroatoms. The second-order valence-electron chi connectivity index (χ2n) is 5.21. The Kier molecular flexibility index (Phi) is 5.21. The van der Waals surface area contributed by atoms with E-state index in [1.54, 1.807) is 0 Å². The lowest BCUT2D eigenvalue weighted by molar-refractivity contribution is 0.134. The van der Waals surface area contributed by atoms with Gasteiger partial charge in [-0.05, 0) is 30.2 Å². The Morgan fingerprint density at radius 3 is 2.78 bits per heavy atom. The van der Waals surface area contributed by atoms with Gasteiger partial charge >= 0.3 is 0 Å². The number of fused-ring (bicyclic) bond motifs is 1. The lowest BCUT2D eigenvalue weighted by Gasteiger charge is -2.17. The Labute approximate surface area is 111 Å². The van der Waals surface area contributed by atoms with Crippen molar-refractivity contribution in [3.05, 3.63) is 34.9 Å². The second-order valence-corrected chi connectivity index (χ2v) is 5.21. The van der Waals surface area contributed by atoms with Crippen LogP contribution in [0.25, 0.3) is 0 Å². The van der Waals surface area contributed by atoms with Crippen LogP contribution in [0, 0.1) is 0 Å². The fraction of sp³-hybridized carbons (Fsp3) is 0.625. The molecule has 0 amide bonds. The molecule has 2 nitrogen and oxygen atoms in total. The van der Waals surface area contributed by atoms with Crippen LogP contribution in [-0.2, 0) is 18.0 Å². The van der Waals surface area contributed by atoms with Gasteiger partial charge in [0.05, 0.1) is 13.2 Å². The summed E-state index contributed by atoms with van der Waals surface area (Å²) in [5, 5.41) is 3.45. The first-order chi connectivity index (χ1) is 8.85. The van der Waals surface area contributed by atoms with Crippen LogP contribution in [0.2, 0.25) is 0 Å². The van der Waals surface area contributed by atoms with E-state index in [0.29, 0.717) is 6.04 Å². The van der Waals surface area contributed by atoms with E-state index in [1.165, 1.54) is 48.8 Å². The normalized spacial score (nSPS) is 15.7. The third kappa shape index (κ3) is 3.33. The fourth-order valence-corrected chi connectivity index (χ4v) is 2.66. The molecule has 0 radical (unpaired) electrons. The fourth-order valence-electron chi connectivity index (χ4n) is 2.66. The molecule has 1 N–H and O–H groups in total. The average molecular weight is 247 g/mol. The SMILES string of the molecule is CCCCCCC(NC)c1ccc2c(c1)COC2. The van der Waals surface area contributed by atoms with Gasteiger partial charge in [0, 0.05) is 6.04 Å². The summed E-state index contributed by atoms with van der Waals surface area (Å²) in [4.78, 5) is 0. The first-order valence-corrected chi connectivity index (χ1v) is 7.22. The standard InChI is InChI=1S/C16H25NO/c1-3-4-5-6-7-16(17-2)13-8-9-14-11-18-12-15(14)10-13/h8-10,16-17H,3-7,11-12H2,1-2H3. The second kappa shape index (κ2) is 6.91. The van der Waals surface area contributed by atoms with Crippen LogP contribution in [0.5, 0.6) is 0 Å². The molecule has 0 aromatic heterocycles. The van der Waals surface area contributed by atoms with Crippen LogP contribution in [0.1, 0.15) is 61.8 Å². The van der Waals surface area contributed by atoms with Gasteiger partial charge in [0.2, 0.25) is 0 Å². The van der Waals surface area contributed by atoms with Crippen LogP contribution in [0.15, 0.2) is 18.2 Å². The van der Waals surface area contributed by atoms with Gasteiger partial charge in [0.1, 0.15) is 0 Å². The minimum atomic E-state index is 0.493. The molecule has 1 aliphatic rings. The number of unbranched alkanes of at least 4 members (excludes halogenated alkanes) is 3. The molecule has 18 heavy (non-hydrogen) atoms. The molecule has 0 bridgehead atoms. The van der Waals surface area contributed by atoms with Crippen LogP contribution < -0.4 is 5.32 Å². The summed E-state index contributed by atoms with van der Waals surface area (Å²) in [6.07, 6.45) is 6.56. The highest BCUT2D eigenvalue weighted by atomic mass is 16.5. The molecular formula is C16H25NO. The van der Waals surface area contributed by atoms with Crippen molar-refractivity contribution in [1.82, 2.24) is 5.32 Å². The molecule has 0 aliphatic carbocycles. The van der Waals surface area contributed by atoms with Crippen molar-refractivity contribution in [2.75, 3.05) is 7.05 Å². The van der Waals surface area contributed by atoms with Gasteiger partial charge in [0.15, 0.2) is 0 Å². The summed E-state index contributed by atoms with van der Waals surface area (Å²) in [5.74, 6) is 0. The van der Waals surface area contributed by atoms with Crippen molar-refractivity contribution in [2.24, 2.45) is 0 Å². The predicted octanol–water partition coefficient (Wildman–Crippen LogP) is 3.95. The molecule has 1 aromatic rings. The first-order valence-electron chi connectivity index (χ1n) is 7.22. The molecule has 0 spiro atoms. The van der Waals surface area contributed by atoms with Crippen LogP contribution in [0.4, 0.5) is 0 Å². The highest BCUT2D eigenvalue weighted by Crippen LogP contribution is 2.26. The monoisotopic (exact) mass is 247 g/mol. The maximum atomic E-state index is 5.48. The van der Waals surface area contributed by atoms with Crippen molar-refractivity contribution < 1.29 is 4.74 Å². The number of nitrogens with one attached hydrogen (secondary N) is 1. The average Bonchev–Trinajstić information content (AvgIpc) is 2.86. The van der Waals surface area contributed by atoms with Crippen molar-refractivity contribution >= 4 is 0 Å². The van der Waals surface area contributed by atoms with E-state index >= 15 is 0 Å². The lowest BCUT2D eigenvalue weighted by atomic mass is 9.97. The third-order valence-corrected chi connectivity index (χ3v) is 3.84. The molecule has 1 heterocycles. The van der Waals surface area contributed by atoms with E-state index < -0.39 is 0 Å². The van der Waals surface area contributed by atoms with Gasteiger partial charge in [-0.2, -0.15) is 0 Å². The number of hydrogen-bond donors (Lipinski definition) is 1. The number of ether oxygens (including phenoxy) is 1. The third-order valence-electron chi connectivity index (χ3n) is 3.84. The van der Waals surface area contributed by atoms with E-state index in [0.717, 1.165) is 13.2 Å². The molecule has 1 aliphatic heterocycles. The van der Waals surface area contributed by atoms with Crippen LogP contribution in [-0.4, -0.2) is 7.05 Å². The van der Waals surface area contributed by atoms with Crippen LogP contribution in [0.3, 0.4) is 0 Å². The van der Waals surface area contributed by atoms with E-state index in [9.17, 15) is 0 Å². The summed E-state index contributed by atoms with van der Waals surface area (Å²) in [6, 6.07) is 7.30. The zero-order valence-electron chi connectivity index (χ0n) is 11.7. The zero-order chi connectivity index (χ0) is 12.8.